The summed E-state index contributed by atoms with van der Waals surface area (Å²) in [6, 6.07) is 5.50. The third-order valence-corrected chi connectivity index (χ3v) is 3.17. The number of carbonyl (C=O) groups is 1. The van der Waals surface area contributed by atoms with E-state index in [0.717, 1.165) is 17.9 Å². The topological polar surface area (TPSA) is 50.8 Å². The lowest BCUT2D eigenvalue weighted by Crippen LogP contribution is -2.34. The maximum Gasteiger partial charge on any atom is 0.246 e. The number of rotatable bonds is 8. The van der Waals surface area contributed by atoms with E-state index in [1.54, 1.807) is 37.3 Å². The van der Waals surface area contributed by atoms with Gasteiger partial charge in [0, 0.05) is 37.3 Å². The Balaban J connectivity index is 2.81. The molecule has 21 heavy (non-hydrogen) atoms. The molecule has 116 valence electrons. The smallest absolute Gasteiger partial charge is 0.246 e. The molecule has 0 unspecified atom stereocenters. The van der Waals surface area contributed by atoms with Gasteiger partial charge in [0.15, 0.2) is 0 Å². The molecule has 5 heteroatoms. The van der Waals surface area contributed by atoms with Crippen molar-refractivity contribution in [1.29, 1.82) is 0 Å². The highest BCUT2D eigenvalue weighted by atomic mass is 16.5. The van der Waals surface area contributed by atoms with Crippen molar-refractivity contribution in [1.82, 2.24) is 10.2 Å². The minimum atomic E-state index is -0.00868. The fourth-order valence-electron chi connectivity index (χ4n) is 1.89. The number of amides is 1. The van der Waals surface area contributed by atoms with Gasteiger partial charge in [0.1, 0.15) is 11.5 Å². The van der Waals surface area contributed by atoms with Crippen LogP contribution < -0.4 is 14.8 Å². The van der Waals surface area contributed by atoms with E-state index in [9.17, 15) is 4.79 Å². The summed E-state index contributed by atoms with van der Waals surface area (Å²) in [5, 5.41) is 3.04. The Morgan fingerprint density at radius 3 is 2.67 bits per heavy atom. The van der Waals surface area contributed by atoms with Crippen molar-refractivity contribution >= 4 is 12.0 Å². The largest absolute Gasteiger partial charge is 0.497 e. The van der Waals surface area contributed by atoms with Crippen molar-refractivity contribution in [2.75, 3.05) is 40.9 Å². The predicted octanol–water partition coefficient (Wildman–Crippen LogP) is 1.78. The monoisotopic (exact) mass is 292 g/mol. The van der Waals surface area contributed by atoms with Gasteiger partial charge in [-0.15, -0.1) is 0 Å². The van der Waals surface area contributed by atoms with Gasteiger partial charge in [-0.1, -0.05) is 0 Å². The summed E-state index contributed by atoms with van der Waals surface area (Å²) >= 11 is 0. The first-order valence-electron chi connectivity index (χ1n) is 6.99. The van der Waals surface area contributed by atoms with Crippen LogP contribution in [0.15, 0.2) is 24.3 Å². The summed E-state index contributed by atoms with van der Waals surface area (Å²) in [5.41, 5.74) is 0.844. The van der Waals surface area contributed by atoms with Crippen molar-refractivity contribution in [3.63, 3.8) is 0 Å². The number of carbonyl (C=O) groups excluding carboxylic acids is 1. The first-order chi connectivity index (χ1) is 10.2. The number of ether oxygens (including phenoxy) is 2. The minimum Gasteiger partial charge on any atom is -0.497 e. The summed E-state index contributed by atoms with van der Waals surface area (Å²) in [7, 11) is 5.07. The maximum absolute atomic E-state index is 12.1. The molecule has 0 spiro atoms. The number of benzene rings is 1. The molecule has 1 aromatic carbocycles. The lowest BCUT2D eigenvalue weighted by Gasteiger charge is -2.18. The van der Waals surface area contributed by atoms with E-state index in [4.69, 9.17) is 9.47 Å². The predicted molar refractivity (Wildman–Crippen MR) is 84.8 cm³/mol. The fraction of sp³-hybridized carbons (Fsp3) is 0.438. The Morgan fingerprint density at radius 1 is 1.33 bits per heavy atom. The van der Waals surface area contributed by atoms with E-state index >= 15 is 0 Å². The summed E-state index contributed by atoms with van der Waals surface area (Å²) in [6.07, 6.45) is 3.34. The highest BCUT2D eigenvalue weighted by Crippen LogP contribution is 2.25. The highest BCUT2D eigenvalue weighted by molar-refractivity contribution is 5.92. The van der Waals surface area contributed by atoms with Crippen LogP contribution in [-0.2, 0) is 4.79 Å². The number of nitrogens with zero attached hydrogens (tertiary/aromatic N) is 1. The van der Waals surface area contributed by atoms with E-state index in [0.29, 0.717) is 18.8 Å². The zero-order chi connectivity index (χ0) is 15.7. The fourth-order valence-corrected chi connectivity index (χ4v) is 1.89. The third-order valence-electron chi connectivity index (χ3n) is 3.17. The molecule has 0 saturated carbocycles. The molecule has 1 rings (SSSR count). The number of methoxy groups -OCH3 is 2. The second kappa shape index (κ2) is 9.02. The van der Waals surface area contributed by atoms with Gasteiger partial charge in [-0.25, -0.2) is 0 Å². The van der Waals surface area contributed by atoms with Crippen LogP contribution in [0, 0.1) is 0 Å². The molecule has 1 N–H and O–H groups in total. The van der Waals surface area contributed by atoms with Gasteiger partial charge in [0.25, 0.3) is 0 Å². The summed E-state index contributed by atoms with van der Waals surface area (Å²) in [4.78, 5) is 13.9. The molecule has 0 saturated heterocycles. The van der Waals surface area contributed by atoms with Crippen molar-refractivity contribution in [2.45, 2.75) is 6.92 Å². The molecule has 0 fully saturated rings. The molecule has 0 radical (unpaired) electrons. The SMILES string of the molecule is CCN(CCNC)C(=O)/C=C\c1ccc(OC)cc1OC. The summed E-state index contributed by atoms with van der Waals surface area (Å²) < 4.78 is 10.5. The molecule has 0 aromatic heterocycles. The van der Waals surface area contributed by atoms with Crippen molar-refractivity contribution in [3.8, 4) is 11.5 Å². The number of hydrogen-bond donors (Lipinski definition) is 1. The second-order valence-electron chi connectivity index (χ2n) is 4.46. The molecule has 1 amide bonds. The molecule has 0 aliphatic heterocycles. The van der Waals surface area contributed by atoms with Crippen molar-refractivity contribution in [3.05, 3.63) is 29.8 Å². The molecular weight excluding hydrogens is 268 g/mol. The van der Waals surface area contributed by atoms with Crippen LogP contribution in [0.3, 0.4) is 0 Å². The van der Waals surface area contributed by atoms with Crippen LogP contribution in [0.25, 0.3) is 6.08 Å². The van der Waals surface area contributed by atoms with Crippen LogP contribution in [-0.4, -0.2) is 51.7 Å². The summed E-state index contributed by atoms with van der Waals surface area (Å²) in [6.45, 7) is 4.12. The lowest BCUT2D eigenvalue weighted by molar-refractivity contribution is -0.125. The van der Waals surface area contributed by atoms with Gasteiger partial charge in [-0.05, 0) is 32.2 Å². The Hall–Kier alpha value is -2.01. The van der Waals surface area contributed by atoms with Gasteiger partial charge in [-0.3, -0.25) is 4.79 Å². The number of likely N-dealkylation sites (N-methyl/N-ethyl adjacent to an activating group) is 2. The van der Waals surface area contributed by atoms with Gasteiger partial charge in [0.05, 0.1) is 14.2 Å². The summed E-state index contributed by atoms with van der Waals surface area (Å²) in [5.74, 6) is 1.39. The van der Waals surface area contributed by atoms with Gasteiger partial charge in [0.2, 0.25) is 5.91 Å². The maximum atomic E-state index is 12.1. The van der Waals surface area contributed by atoms with Crippen LogP contribution >= 0.6 is 0 Å². The molecule has 0 aliphatic rings. The molecule has 0 bridgehead atoms. The minimum absolute atomic E-state index is 0.00868. The Bertz CT molecular complexity index is 486. The molecule has 5 nitrogen and oxygen atoms in total. The van der Waals surface area contributed by atoms with Crippen LogP contribution in [0.4, 0.5) is 0 Å². The Labute approximate surface area is 126 Å². The molecular formula is C16H24N2O3. The van der Waals surface area contributed by atoms with Crippen LogP contribution in [0.1, 0.15) is 12.5 Å². The number of nitrogens with one attached hydrogen (secondary N) is 1. The van der Waals surface area contributed by atoms with Gasteiger partial charge in [-0.2, -0.15) is 0 Å². The molecule has 0 aliphatic carbocycles. The first kappa shape index (κ1) is 17.0. The zero-order valence-corrected chi connectivity index (χ0v) is 13.2. The van der Waals surface area contributed by atoms with E-state index in [1.165, 1.54) is 0 Å². The van der Waals surface area contributed by atoms with Crippen molar-refractivity contribution < 1.29 is 14.3 Å². The van der Waals surface area contributed by atoms with Crippen molar-refractivity contribution in [2.24, 2.45) is 0 Å². The molecule has 0 heterocycles. The lowest BCUT2D eigenvalue weighted by atomic mass is 10.1. The molecule has 1 aromatic rings. The standard InChI is InChI=1S/C16H24N2O3/c1-5-18(11-10-17-2)16(19)9-7-13-6-8-14(20-3)12-15(13)21-4/h6-9,12,17H,5,10-11H2,1-4H3/b9-7-. The van der Waals surface area contributed by atoms with Crippen LogP contribution in [0.5, 0.6) is 11.5 Å². The second-order valence-corrected chi connectivity index (χ2v) is 4.46. The molecule has 0 atom stereocenters. The highest BCUT2D eigenvalue weighted by Gasteiger charge is 2.08. The normalized spacial score (nSPS) is 10.7. The average Bonchev–Trinajstić information content (AvgIpc) is 2.53. The van der Waals surface area contributed by atoms with E-state index in [2.05, 4.69) is 5.32 Å². The zero-order valence-electron chi connectivity index (χ0n) is 13.2. The van der Waals surface area contributed by atoms with E-state index < -0.39 is 0 Å². The number of hydrogen-bond acceptors (Lipinski definition) is 4. The van der Waals surface area contributed by atoms with Gasteiger partial charge >= 0.3 is 0 Å². The Kier molecular flexibility index (Phi) is 7.32. The first-order valence-corrected chi connectivity index (χ1v) is 6.99. The van der Waals surface area contributed by atoms with Crippen LogP contribution in [0.2, 0.25) is 0 Å². The van der Waals surface area contributed by atoms with E-state index in [1.807, 2.05) is 26.1 Å². The quantitative estimate of drug-likeness (QED) is 0.742. The third kappa shape index (κ3) is 5.11. The average molecular weight is 292 g/mol. The van der Waals surface area contributed by atoms with Gasteiger partial charge < -0.3 is 19.7 Å². The van der Waals surface area contributed by atoms with E-state index in [-0.39, 0.29) is 5.91 Å². The Morgan fingerprint density at radius 2 is 2.10 bits per heavy atom.